The van der Waals surface area contributed by atoms with Crippen LogP contribution in [0.4, 0.5) is 0 Å². The molecule has 21 heavy (non-hydrogen) atoms. The van der Waals surface area contributed by atoms with Gasteiger partial charge in [0.15, 0.2) is 0 Å². The van der Waals surface area contributed by atoms with Gasteiger partial charge >= 0.3 is 5.97 Å². The van der Waals surface area contributed by atoms with E-state index in [-0.39, 0.29) is 5.97 Å². The average Bonchev–Trinajstić information content (AvgIpc) is 2.51. The Bertz CT molecular complexity index is 312. The van der Waals surface area contributed by atoms with Crippen molar-refractivity contribution in [1.82, 2.24) is 10.2 Å². The molecule has 5 heteroatoms. The van der Waals surface area contributed by atoms with Crippen LogP contribution in [-0.2, 0) is 14.3 Å². The number of hydrogen-bond donors (Lipinski definition) is 1. The van der Waals surface area contributed by atoms with Crippen LogP contribution in [0.15, 0.2) is 0 Å². The highest BCUT2D eigenvalue weighted by molar-refractivity contribution is 5.81. The predicted molar refractivity (Wildman–Crippen MR) is 84.4 cm³/mol. The van der Waals surface area contributed by atoms with Gasteiger partial charge in [0.25, 0.3) is 0 Å². The van der Waals surface area contributed by atoms with E-state index >= 15 is 0 Å². The molecule has 0 aromatic heterocycles. The van der Waals surface area contributed by atoms with E-state index in [2.05, 4.69) is 24.2 Å². The summed E-state index contributed by atoms with van der Waals surface area (Å²) in [5.41, 5.74) is -0.504. The molecule has 2 unspecified atom stereocenters. The van der Waals surface area contributed by atoms with Crippen LogP contribution in [0.1, 0.15) is 46.0 Å². The molecule has 124 valence electrons. The largest absolute Gasteiger partial charge is 0.465 e. The van der Waals surface area contributed by atoms with Crippen LogP contribution in [0.25, 0.3) is 0 Å². The molecule has 1 fully saturated rings. The molecule has 1 rings (SSSR count). The highest BCUT2D eigenvalue weighted by atomic mass is 16.5. The predicted octanol–water partition coefficient (Wildman–Crippen LogP) is 1.81. The summed E-state index contributed by atoms with van der Waals surface area (Å²) in [4.78, 5) is 14.8. The molecule has 1 N–H and O–H groups in total. The first-order chi connectivity index (χ1) is 10.1. The van der Waals surface area contributed by atoms with E-state index in [1.54, 1.807) is 7.11 Å². The summed E-state index contributed by atoms with van der Waals surface area (Å²) in [6, 6.07) is 0.405. The number of hydrogen-bond acceptors (Lipinski definition) is 5. The molecule has 0 aromatic rings. The van der Waals surface area contributed by atoms with Crippen LogP contribution >= 0.6 is 0 Å². The first kappa shape index (κ1) is 18.4. The molecule has 0 aliphatic heterocycles. The molecule has 2 atom stereocenters. The van der Waals surface area contributed by atoms with E-state index < -0.39 is 5.54 Å². The van der Waals surface area contributed by atoms with Crippen LogP contribution in [0.5, 0.6) is 0 Å². The molecule has 0 aromatic carbocycles. The Hall–Kier alpha value is -0.650. The Morgan fingerprint density at radius 1 is 1.43 bits per heavy atom. The van der Waals surface area contributed by atoms with Crippen LogP contribution in [0.3, 0.4) is 0 Å². The number of carbonyl (C=O) groups is 1. The smallest absolute Gasteiger partial charge is 0.326 e. The first-order valence-corrected chi connectivity index (χ1v) is 8.21. The van der Waals surface area contributed by atoms with Crippen LogP contribution < -0.4 is 5.32 Å². The third-order valence-electron chi connectivity index (χ3n) is 4.38. The number of nitrogens with one attached hydrogen (secondary N) is 1. The lowest BCUT2D eigenvalue weighted by atomic mass is 9.78. The Morgan fingerprint density at radius 3 is 2.81 bits per heavy atom. The summed E-state index contributed by atoms with van der Waals surface area (Å²) in [5, 5.41) is 3.48. The second-order valence-electron chi connectivity index (χ2n) is 5.95. The molecule has 0 radical (unpaired) electrons. The summed E-state index contributed by atoms with van der Waals surface area (Å²) < 4.78 is 10.5. The highest BCUT2D eigenvalue weighted by Crippen LogP contribution is 2.32. The molecule has 1 aliphatic rings. The molecule has 0 heterocycles. The molecule has 0 amide bonds. The van der Waals surface area contributed by atoms with Crippen molar-refractivity contribution in [2.75, 3.05) is 40.5 Å². The van der Waals surface area contributed by atoms with Crippen molar-refractivity contribution < 1.29 is 14.3 Å². The fourth-order valence-corrected chi connectivity index (χ4v) is 3.09. The van der Waals surface area contributed by atoms with Crippen LogP contribution in [0, 0.1) is 0 Å². The van der Waals surface area contributed by atoms with Gasteiger partial charge in [0, 0.05) is 19.7 Å². The summed E-state index contributed by atoms with van der Waals surface area (Å²) in [7, 11) is 3.84. The zero-order valence-electron chi connectivity index (χ0n) is 14.1. The maximum absolute atomic E-state index is 12.5. The maximum atomic E-state index is 12.5. The van der Waals surface area contributed by atoms with E-state index in [1.165, 1.54) is 0 Å². The third kappa shape index (κ3) is 5.24. The number of methoxy groups -OCH3 is 1. The van der Waals surface area contributed by atoms with Gasteiger partial charge in [-0.05, 0) is 52.6 Å². The SMILES string of the molecule is CCCNC1(C(=O)OCC)CCCC(N(C)CCOC)C1. The minimum absolute atomic E-state index is 0.0803. The number of rotatable bonds is 9. The van der Waals surface area contributed by atoms with Crippen molar-refractivity contribution in [3.8, 4) is 0 Å². The summed E-state index contributed by atoms with van der Waals surface area (Å²) >= 11 is 0. The molecular weight excluding hydrogens is 268 g/mol. The second-order valence-corrected chi connectivity index (χ2v) is 5.95. The summed E-state index contributed by atoms with van der Waals surface area (Å²) in [6.45, 7) is 6.91. The molecular formula is C16H32N2O3. The monoisotopic (exact) mass is 300 g/mol. The van der Waals surface area contributed by atoms with Crippen LogP contribution in [0.2, 0.25) is 0 Å². The standard InChI is InChI=1S/C16H32N2O3/c1-5-10-17-16(15(19)21-6-2)9-7-8-14(13-16)18(3)11-12-20-4/h14,17H,5-13H2,1-4H3. The first-order valence-electron chi connectivity index (χ1n) is 8.21. The second kappa shape index (κ2) is 9.38. The normalized spacial score (nSPS) is 26.0. The lowest BCUT2D eigenvalue weighted by Crippen LogP contribution is -2.59. The van der Waals surface area contributed by atoms with Crippen LogP contribution in [-0.4, -0.2) is 62.9 Å². The quantitative estimate of drug-likeness (QED) is 0.658. The zero-order chi connectivity index (χ0) is 15.7. The van der Waals surface area contributed by atoms with Crippen molar-refractivity contribution in [2.24, 2.45) is 0 Å². The molecule has 0 bridgehead atoms. The van der Waals surface area contributed by atoms with Crippen molar-refractivity contribution in [1.29, 1.82) is 0 Å². The molecule has 1 saturated carbocycles. The van der Waals surface area contributed by atoms with Gasteiger partial charge in [0.05, 0.1) is 13.2 Å². The van der Waals surface area contributed by atoms with E-state index in [0.717, 1.165) is 51.8 Å². The highest BCUT2D eigenvalue weighted by Gasteiger charge is 2.44. The fourth-order valence-electron chi connectivity index (χ4n) is 3.09. The molecule has 5 nitrogen and oxygen atoms in total. The van der Waals surface area contributed by atoms with Crippen molar-refractivity contribution >= 4 is 5.97 Å². The van der Waals surface area contributed by atoms with Crippen molar-refractivity contribution in [3.05, 3.63) is 0 Å². The van der Waals surface area contributed by atoms with Gasteiger partial charge in [0.2, 0.25) is 0 Å². The van der Waals surface area contributed by atoms with Gasteiger partial charge in [-0.1, -0.05) is 6.92 Å². The Balaban J connectivity index is 2.74. The molecule has 0 saturated heterocycles. The minimum atomic E-state index is -0.504. The van der Waals surface area contributed by atoms with E-state index in [9.17, 15) is 4.79 Å². The molecule has 0 spiro atoms. The zero-order valence-corrected chi connectivity index (χ0v) is 14.1. The van der Waals surface area contributed by atoms with Gasteiger partial charge in [-0.25, -0.2) is 0 Å². The van der Waals surface area contributed by atoms with Gasteiger partial charge < -0.3 is 19.7 Å². The van der Waals surface area contributed by atoms with E-state index in [0.29, 0.717) is 12.6 Å². The Morgan fingerprint density at radius 2 is 2.19 bits per heavy atom. The van der Waals surface area contributed by atoms with E-state index in [4.69, 9.17) is 9.47 Å². The third-order valence-corrected chi connectivity index (χ3v) is 4.38. The Labute approximate surface area is 129 Å². The Kier molecular flexibility index (Phi) is 8.22. The number of ether oxygens (including phenoxy) is 2. The number of likely N-dealkylation sites (N-methyl/N-ethyl adjacent to an activating group) is 1. The van der Waals surface area contributed by atoms with Gasteiger partial charge in [-0.2, -0.15) is 0 Å². The number of nitrogens with zero attached hydrogens (tertiary/aromatic N) is 1. The lowest BCUT2D eigenvalue weighted by molar-refractivity contribution is -0.153. The fraction of sp³-hybridized carbons (Fsp3) is 0.938. The van der Waals surface area contributed by atoms with Crippen molar-refractivity contribution in [2.45, 2.75) is 57.5 Å². The number of esters is 1. The van der Waals surface area contributed by atoms with Crippen molar-refractivity contribution in [3.63, 3.8) is 0 Å². The van der Waals surface area contributed by atoms with Gasteiger partial charge in [0.1, 0.15) is 5.54 Å². The summed E-state index contributed by atoms with van der Waals surface area (Å²) in [5.74, 6) is -0.0803. The van der Waals surface area contributed by atoms with Gasteiger partial charge in [-0.3, -0.25) is 4.79 Å². The summed E-state index contributed by atoms with van der Waals surface area (Å²) in [6.07, 6.45) is 4.91. The maximum Gasteiger partial charge on any atom is 0.326 e. The molecule has 1 aliphatic carbocycles. The average molecular weight is 300 g/mol. The van der Waals surface area contributed by atoms with Gasteiger partial charge in [-0.15, -0.1) is 0 Å². The van der Waals surface area contributed by atoms with E-state index in [1.807, 2.05) is 6.92 Å². The lowest BCUT2D eigenvalue weighted by Gasteiger charge is -2.42. The minimum Gasteiger partial charge on any atom is -0.465 e. The number of carbonyl (C=O) groups excluding carboxylic acids is 1. The topological polar surface area (TPSA) is 50.8 Å².